The van der Waals surface area contributed by atoms with Crippen LogP contribution in [-0.4, -0.2) is 22.7 Å². The number of imide groups is 1. The van der Waals surface area contributed by atoms with Crippen molar-refractivity contribution in [1.29, 1.82) is 0 Å². The van der Waals surface area contributed by atoms with Gasteiger partial charge in [0.2, 0.25) is 0 Å². The largest absolute Gasteiger partial charge is 0.490 e. The fourth-order valence-corrected chi connectivity index (χ4v) is 4.88. The Bertz CT molecular complexity index is 1360. The number of carbonyl (C=O) groups is 2. The molecule has 10 heteroatoms. The van der Waals surface area contributed by atoms with Gasteiger partial charge in [-0.3, -0.25) is 14.5 Å². The Labute approximate surface area is 232 Å². The van der Waals surface area contributed by atoms with Crippen molar-refractivity contribution in [1.82, 2.24) is 4.90 Å². The van der Waals surface area contributed by atoms with Crippen molar-refractivity contribution in [3.05, 3.63) is 96.3 Å². The van der Waals surface area contributed by atoms with Crippen LogP contribution < -0.4 is 9.47 Å². The summed E-state index contributed by atoms with van der Waals surface area (Å²) in [5.41, 5.74) is 2.25. The molecule has 0 saturated carbocycles. The van der Waals surface area contributed by atoms with E-state index < -0.39 is 0 Å². The number of benzene rings is 3. The van der Waals surface area contributed by atoms with Gasteiger partial charge in [0.05, 0.1) is 38.1 Å². The molecule has 0 unspecified atom stereocenters. The SMILES string of the molecule is CCOc1cc(/C=C2/SC(=O)N(Cc3ccc(Cl)c(Cl)c3)C2=O)ccc1OCc1ccc(Cl)c(Cl)c1. The van der Waals surface area contributed by atoms with Crippen molar-refractivity contribution in [2.24, 2.45) is 0 Å². The molecule has 3 aromatic carbocycles. The van der Waals surface area contributed by atoms with Crippen LogP contribution in [0.5, 0.6) is 11.5 Å². The third kappa shape index (κ3) is 6.31. The van der Waals surface area contributed by atoms with Crippen molar-refractivity contribution in [2.75, 3.05) is 6.61 Å². The molecule has 1 heterocycles. The number of carbonyl (C=O) groups excluding carboxylic acids is 2. The zero-order chi connectivity index (χ0) is 25.8. The summed E-state index contributed by atoms with van der Waals surface area (Å²) in [4.78, 5) is 27.0. The van der Waals surface area contributed by atoms with Crippen LogP contribution in [0.3, 0.4) is 0 Å². The number of amides is 2. The van der Waals surface area contributed by atoms with Crippen LogP contribution in [0.1, 0.15) is 23.6 Å². The van der Waals surface area contributed by atoms with Crippen LogP contribution in [-0.2, 0) is 17.9 Å². The van der Waals surface area contributed by atoms with Gasteiger partial charge in [-0.05, 0) is 77.9 Å². The summed E-state index contributed by atoms with van der Waals surface area (Å²) >= 11 is 25.0. The maximum Gasteiger partial charge on any atom is 0.293 e. The first-order valence-electron chi connectivity index (χ1n) is 10.8. The number of hydrogen-bond donors (Lipinski definition) is 0. The van der Waals surface area contributed by atoms with Gasteiger partial charge in [0.1, 0.15) is 6.61 Å². The number of halogens is 4. The Morgan fingerprint density at radius 2 is 1.47 bits per heavy atom. The van der Waals surface area contributed by atoms with E-state index in [1.165, 1.54) is 4.90 Å². The molecule has 0 bridgehead atoms. The van der Waals surface area contributed by atoms with E-state index in [9.17, 15) is 9.59 Å². The lowest BCUT2D eigenvalue weighted by atomic mass is 10.1. The summed E-state index contributed by atoms with van der Waals surface area (Å²) in [7, 11) is 0. The summed E-state index contributed by atoms with van der Waals surface area (Å²) in [6.45, 7) is 2.66. The van der Waals surface area contributed by atoms with Gasteiger partial charge in [0, 0.05) is 0 Å². The Hall–Kier alpha value is -2.35. The second-order valence-electron chi connectivity index (χ2n) is 7.69. The van der Waals surface area contributed by atoms with Gasteiger partial charge in [-0.15, -0.1) is 0 Å². The predicted octanol–water partition coefficient (Wildman–Crippen LogP) is 8.51. The normalized spacial score (nSPS) is 14.6. The molecule has 3 aromatic rings. The Morgan fingerprint density at radius 3 is 2.14 bits per heavy atom. The van der Waals surface area contributed by atoms with E-state index in [4.69, 9.17) is 55.9 Å². The van der Waals surface area contributed by atoms with Crippen LogP contribution >= 0.6 is 58.2 Å². The van der Waals surface area contributed by atoms with E-state index in [1.807, 2.05) is 13.0 Å². The van der Waals surface area contributed by atoms with Gasteiger partial charge < -0.3 is 9.47 Å². The molecule has 0 aromatic heterocycles. The summed E-state index contributed by atoms with van der Waals surface area (Å²) in [5, 5.41) is 1.34. The highest BCUT2D eigenvalue weighted by Crippen LogP contribution is 2.36. The van der Waals surface area contributed by atoms with E-state index in [0.29, 0.717) is 54.2 Å². The zero-order valence-electron chi connectivity index (χ0n) is 18.9. The van der Waals surface area contributed by atoms with Crippen LogP contribution in [0.25, 0.3) is 6.08 Å². The quantitative estimate of drug-likeness (QED) is 0.249. The molecule has 4 rings (SSSR count). The standard InChI is InChI=1S/C26H19Cl4NO4S/c1-2-34-23-11-15(5-8-22(23)35-14-17-4-7-19(28)21(30)10-17)12-24-25(32)31(26(33)36-24)13-16-3-6-18(27)20(29)9-16/h3-12H,2,13-14H2,1H3/b24-12+. The van der Waals surface area contributed by atoms with Crippen molar-refractivity contribution >= 4 is 75.4 Å². The molecule has 0 aliphatic carbocycles. The molecule has 0 spiro atoms. The molecule has 1 aliphatic heterocycles. The first-order valence-corrected chi connectivity index (χ1v) is 13.1. The molecular weight excluding hydrogens is 564 g/mol. The van der Waals surface area contributed by atoms with Crippen molar-refractivity contribution in [3.8, 4) is 11.5 Å². The molecule has 5 nitrogen and oxygen atoms in total. The summed E-state index contributed by atoms with van der Waals surface area (Å²) in [5.74, 6) is 0.670. The maximum absolute atomic E-state index is 12.9. The number of ether oxygens (including phenoxy) is 2. The molecule has 1 saturated heterocycles. The molecule has 0 N–H and O–H groups in total. The van der Waals surface area contributed by atoms with E-state index in [2.05, 4.69) is 0 Å². The second kappa shape index (κ2) is 11.8. The average molecular weight is 583 g/mol. The number of nitrogens with zero attached hydrogens (tertiary/aromatic N) is 1. The van der Waals surface area contributed by atoms with Gasteiger partial charge in [-0.25, -0.2) is 0 Å². The van der Waals surface area contributed by atoms with Gasteiger partial charge in [-0.2, -0.15) is 0 Å². The van der Waals surface area contributed by atoms with Gasteiger partial charge >= 0.3 is 0 Å². The highest BCUT2D eigenvalue weighted by molar-refractivity contribution is 8.18. The third-order valence-corrected chi connectivity index (χ3v) is 7.53. The molecule has 1 aliphatic rings. The monoisotopic (exact) mass is 581 g/mol. The first-order chi connectivity index (χ1) is 17.2. The van der Waals surface area contributed by atoms with Crippen molar-refractivity contribution in [3.63, 3.8) is 0 Å². The Morgan fingerprint density at radius 1 is 0.806 bits per heavy atom. The third-order valence-electron chi connectivity index (χ3n) is 5.14. The van der Waals surface area contributed by atoms with Crippen LogP contribution in [0.4, 0.5) is 4.79 Å². The highest BCUT2D eigenvalue weighted by atomic mass is 35.5. The van der Waals surface area contributed by atoms with E-state index in [-0.39, 0.29) is 24.3 Å². The van der Waals surface area contributed by atoms with Crippen LogP contribution in [0.2, 0.25) is 20.1 Å². The minimum atomic E-state index is -0.381. The molecule has 1 fully saturated rings. The summed E-state index contributed by atoms with van der Waals surface area (Å²) < 4.78 is 11.7. The second-order valence-corrected chi connectivity index (χ2v) is 10.3. The number of rotatable bonds is 8. The molecule has 36 heavy (non-hydrogen) atoms. The van der Waals surface area contributed by atoms with Crippen LogP contribution in [0, 0.1) is 0 Å². The topological polar surface area (TPSA) is 55.8 Å². The zero-order valence-corrected chi connectivity index (χ0v) is 22.7. The minimum Gasteiger partial charge on any atom is -0.490 e. The maximum atomic E-state index is 12.9. The van der Waals surface area contributed by atoms with Gasteiger partial charge in [0.15, 0.2) is 11.5 Å². The fraction of sp³-hybridized carbons (Fsp3) is 0.154. The summed E-state index contributed by atoms with van der Waals surface area (Å²) in [6.07, 6.45) is 1.66. The van der Waals surface area contributed by atoms with Gasteiger partial charge in [-0.1, -0.05) is 64.6 Å². The number of hydrogen-bond acceptors (Lipinski definition) is 5. The van der Waals surface area contributed by atoms with E-state index >= 15 is 0 Å². The van der Waals surface area contributed by atoms with Crippen molar-refractivity contribution in [2.45, 2.75) is 20.1 Å². The Kier molecular flexibility index (Phi) is 8.75. The predicted molar refractivity (Wildman–Crippen MR) is 146 cm³/mol. The highest BCUT2D eigenvalue weighted by Gasteiger charge is 2.35. The summed E-state index contributed by atoms with van der Waals surface area (Å²) in [6, 6.07) is 15.6. The lowest BCUT2D eigenvalue weighted by Crippen LogP contribution is -2.27. The number of thioether (sulfide) groups is 1. The molecule has 186 valence electrons. The molecular formula is C26H19Cl4NO4S. The molecule has 0 atom stereocenters. The first kappa shape index (κ1) is 26.7. The molecule has 2 amide bonds. The van der Waals surface area contributed by atoms with E-state index in [1.54, 1.807) is 54.6 Å². The fourth-order valence-electron chi connectivity index (χ4n) is 3.40. The molecule has 0 radical (unpaired) electrons. The lowest BCUT2D eigenvalue weighted by molar-refractivity contribution is -0.123. The average Bonchev–Trinajstić information content (AvgIpc) is 3.10. The van der Waals surface area contributed by atoms with Crippen molar-refractivity contribution < 1.29 is 19.1 Å². The smallest absolute Gasteiger partial charge is 0.293 e. The minimum absolute atomic E-state index is 0.102. The lowest BCUT2D eigenvalue weighted by Gasteiger charge is -2.13. The van der Waals surface area contributed by atoms with E-state index in [0.717, 1.165) is 17.3 Å². The Balaban J connectivity index is 1.50. The van der Waals surface area contributed by atoms with Gasteiger partial charge in [0.25, 0.3) is 11.1 Å². The van der Waals surface area contributed by atoms with Crippen LogP contribution in [0.15, 0.2) is 59.5 Å².